The molecule has 2 heterocycles. The highest BCUT2D eigenvalue weighted by atomic mass is 35.5. The molecule has 1 atom stereocenters. The fourth-order valence-corrected chi connectivity index (χ4v) is 1.66. The van der Waals surface area contributed by atoms with Crippen molar-refractivity contribution in [3.8, 4) is 6.07 Å². The SMILES string of the molecule is CC(C#N)Cc1ccc2c(Cl)ncnn12. The van der Waals surface area contributed by atoms with Crippen molar-refractivity contribution in [2.45, 2.75) is 13.3 Å². The molecule has 1 unspecified atom stereocenters. The smallest absolute Gasteiger partial charge is 0.156 e. The van der Waals surface area contributed by atoms with Crippen LogP contribution in [0.4, 0.5) is 0 Å². The first kappa shape index (κ1) is 9.94. The van der Waals surface area contributed by atoms with Gasteiger partial charge >= 0.3 is 0 Å². The molecule has 0 spiro atoms. The van der Waals surface area contributed by atoms with Crippen molar-refractivity contribution in [2.24, 2.45) is 5.92 Å². The zero-order valence-electron chi connectivity index (χ0n) is 8.18. The largest absolute Gasteiger partial charge is 0.233 e. The van der Waals surface area contributed by atoms with E-state index < -0.39 is 0 Å². The summed E-state index contributed by atoms with van der Waals surface area (Å²) in [4.78, 5) is 3.89. The van der Waals surface area contributed by atoms with Crippen molar-refractivity contribution in [1.82, 2.24) is 14.6 Å². The zero-order valence-corrected chi connectivity index (χ0v) is 8.94. The van der Waals surface area contributed by atoms with Crippen LogP contribution in [0.1, 0.15) is 12.6 Å². The number of hydrogen-bond donors (Lipinski definition) is 0. The van der Waals surface area contributed by atoms with Crippen molar-refractivity contribution in [3.63, 3.8) is 0 Å². The Hall–Kier alpha value is -1.60. The maximum Gasteiger partial charge on any atom is 0.156 e. The van der Waals surface area contributed by atoms with Crippen molar-refractivity contribution >= 4 is 17.1 Å². The van der Waals surface area contributed by atoms with E-state index in [1.165, 1.54) is 6.33 Å². The maximum absolute atomic E-state index is 8.74. The Labute approximate surface area is 92.1 Å². The van der Waals surface area contributed by atoms with Gasteiger partial charge < -0.3 is 0 Å². The van der Waals surface area contributed by atoms with Crippen molar-refractivity contribution in [2.75, 3.05) is 0 Å². The van der Waals surface area contributed by atoms with Crippen LogP contribution in [0.5, 0.6) is 0 Å². The van der Waals surface area contributed by atoms with E-state index in [0.29, 0.717) is 11.6 Å². The van der Waals surface area contributed by atoms with Crippen LogP contribution < -0.4 is 0 Å². The van der Waals surface area contributed by atoms with Crippen molar-refractivity contribution in [1.29, 1.82) is 5.26 Å². The van der Waals surface area contributed by atoms with E-state index in [2.05, 4.69) is 16.2 Å². The van der Waals surface area contributed by atoms with Gasteiger partial charge in [-0.2, -0.15) is 10.4 Å². The number of fused-ring (bicyclic) bond motifs is 1. The third-order valence-electron chi connectivity index (χ3n) is 2.22. The van der Waals surface area contributed by atoms with E-state index in [-0.39, 0.29) is 5.92 Å². The summed E-state index contributed by atoms with van der Waals surface area (Å²) < 4.78 is 1.73. The summed E-state index contributed by atoms with van der Waals surface area (Å²) in [7, 11) is 0. The Morgan fingerprint density at radius 2 is 2.40 bits per heavy atom. The predicted molar refractivity (Wildman–Crippen MR) is 56.5 cm³/mol. The summed E-state index contributed by atoms with van der Waals surface area (Å²) >= 11 is 5.90. The van der Waals surface area contributed by atoms with Gasteiger partial charge in [-0.3, -0.25) is 0 Å². The van der Waals surface area contributed by atoms with Crippen LogP contribution >= 0.6 is 11.6 Å². The van der Waals surface area contributed by atoms with Gasteiger partial charge in [-0.25, -0.2) is 9.50 Å². The molecule has 0 radical (unpaired) electrons. The number of hydrogen-bond acceptors (Lipinski definition) is 3. The molecule has 2 rings (SSSR count). The Morgan fingerprint density at radius 3 is 3.13 bits per heavy atom. The van der Waals surface area contributed by atoms with Gasteiger partial charge in [0.1, 0.15) is 11.8 Å². The number of halogens is 1. The normalized spacial score (nSPS) is 12.6. The Kier molecular flexibility index (Phi) is 2.57. The molecule has 0 fully saturated rings. The molecular weight excluding hydrogens is 212 g/mol. The van der Waals surface area contributed by atoms with Crippen molar-refractivity contribution in [3.05, 3.63) is 29.3 Å². The standard InChI is InChI=1S/C10H9ClN4/c1-7(5-12)4-8-2-3-9-10(11)13-6-14-15(8)9/h2-3,6-7H,4H2,1H3. The highest BCUT2D eigenvalue weighted by molar-refractivity contribution is 6.32. The van der Waals surface area contributed by atoms with Gasteiger partial charge in [0.25, 0.3) is 0 Å². The number of nitrogens with zero attached hydrogens (tertiary/aromatic N) is 4. The molecule has 76 valence electrons. The first-order valence-corrected chi connectivity index (χ1v) is 4.97. The quantitative estimate of drug-likeness (QED) is 0.779. The molecule has 0 bridgehead atoms. The van der Waals surface area contributed by atoms with E-state index in [1.54, 1.807) is 4.52 Å². The van der Waals surface area contributed by atoms with Crippen LogP contribution in [-0.2, 0) is 6.42 Å². The monoisotopic (exact) mass is 220 g/mol. The van der Waals surface area contributed by atoms with Gasteiger partial charge in [0.15, 0.2) is 5.15 Å². The van der Waals surface area contributed by atoms with Crippen LogP contribution in [0.25, 0.3) is 5.52 Å². The number of nitriles is 1. The van der Waals surface area contributed by atoms with E-state index in [9.17, 15) is 0 Å². The number of rotatable bonds is 2. The average Bonchev–Trinajstić information content (AvgIpc) is 2.63. The van der Waals surface area contributed by atoms with Gasteiger partial charge in [0, 0.05) is 18.0 Å². The van der Waals surface area contributed by atoms with Crippen LogP contribution in [0, 0.1) is 17.2 Å². The van der Waals surface area contributed by atoms with Gasteiger partial charge in [0.2, 0.25) is 0 Å². The highest BCUT2D eigenvalue weighted by Gasteiger charge is 2.09. The molecule has 2 aromatic rings. The molecular formula is C10H9ClN4. The summed E-state index contributed by atoms with van der Waals surface area (Å²) in [5.74, 6) is -0.0307. The van der Waals surface area contributed by atoms with Gasteiger partial charge in [-0.15, -0.1) is 0 Å². The Balaban J connectivity index is 2.46. The van der Waals surface area contributed by atoms with Crippen LogP contribution in [0.3, 0.4) is 0 Å². The summed E-state index contributed by atoms with van der Waals surface area (Å²) in [5, 5.41) is 13.3. The second-order valence-electron chi connectivity index (χ2n) is 3.41. The fraction of sp³-hybridized carbons (Fsp3) is 0.300. The predicted octanol–water partition coefficient (Wildman–Crippen LogP) is 2.08. The molecule has 4 nitrogen and oxygen atoms in total. The van der Waals surface area contributed by atoms with E-state index in [4.69, 9.17) is 16.9 Å². The molecule has 0 saturated heterocycles. The summed E-state index contributed by atoms with van der Waals surface area (Å²) in [6.45, 7) is 1.88. The summed E-state index contributed by atoms with van der Waals surface area (Å²) in [6.07, 6.45) is 2.08. The molecule has 0 aliphatic heterocycles. The van der Waals surface area contributed by atoms with E-state index in [0.717, 1.165) is 11.2 Å². The average molecular weight is 221 g/mol. The molecule has 0 saturated carbocycles. The highest BCUT2D eigenvalue weighted by Crippen LogP contribution is 2.17. The Morgan fingerprint density at radius 1 is 1.60 bits per heavy atom. The molecule has 2 aromatic heterocycles. The third kappa shape index (κ3) is 1.79. The molecule has 5 heteroatoms. The third-order valence-corrected chi connectivity index (χ3v) is 2.51. The molecule has 0 amide bonds. The van der Waals surface area contributed by atoms with Crippen LogP contribution in [0.2, 0.25) is 5.15 Å². The molecule has 0 N–H and O–H groups in total. The van der Waals surface area contributed by atoms with E-state index >= 15 is 0 Å². The maximum atomic E-state index is 8.74. The first-order valence-electron chi connectivity index (χ1n) is 4.59. The van der Waals surface area contributed by atoms with Crippen LogP contribution in [-0.4, -0.2) is 14.6 Å². The molecule has 15 heavy (non-hydrogen) atoms. The molecule has 0 aliphatic rings. The van der Waals surface area contributed by atoms with Gasteiger partial charge in [0.05, 0.1) is 6.07 Å². The lowest BCUT2D eigenvalue weighted by Crippen LogP contribution is -2.03. The minimum Gasteiger partial charge on any atom is -0.233 e. The van der Waals surface area contributed by atoms with Gasteiger partial charge in [-0.1, -0.05) is 11.6 Å². The van der Waals surface area contributed by atoms with Crippen molar-refractivity contribution < 1.29 is 0 Å². The minimum absolute atomic E-state index is 0.0307. The topological polar surface area (TPSA) is 54.0 Å². The first-order chi connectivity index (χ1) is 7.22. The lowest BCUT2D eigenvalue weighted by atomic mass is 10.1. The fourth-order valence-electron chi connectivity index (χ4n) is 1.47. The zero-order chi connectivity index (χ0) is 10.8. The lowest BCUT2D eigenvalue weighted by Gasteiger charge is -2.02. The lowest BCUT2D eigenvalue weighted by molar-refractivity contribution is 0.694. The molecule has 0 aromatic carbocycles. The number of aromatic nitrogens is 3. The summed E-state index contributed by atoms with van der Waals surface area (Å²) in [5.41, 5.74) is 1.75. The summed E-state index contributed by atoms with van der Waals surface area (Å²) in [6, 6.07) is 5.98. The second kappa shape index (κ2) is 3.87. The van der Waals surface area contributed by atoms with Crippen LogP contribution in [0.15, 0.2) is 18.5 Å². The van der Waals surface area contributed by atoms with E-state index in [1.807, 2.05) is 19.1 Å². The molecule has 0 aliphatic carbocycles. The minimum atomic E-state index is -0.0307. The second-order valence-corrected chi connectivity index (χ2v) is 3.76. The van der Waals surface area contributed by atoms with Gasteiger partial charge in [-0.05, 0) is 19.1 Å². The Bertz CT molecular complexity index is 526.